The monoisotopic (exact) mass is 333 g/mol. The first kappa shape index (κ1) is 17.0. The Hall–Kier alpha value is -1.79. The van der Waals surface area contributed by atoms with E-state index in [2.05, 4.69) is 22.3 Å². The van der Waals surface area contributed by atoms with Crippen LogP contribution >= 0.6 is 0 Å². The lowest BCUT2D eigenvalue weighted by atomic mass is 10.1. The van der Waals surface area contributed by atoms with Crippen molar-refractivity contribution in [2.75, 3.05) is 50.1 Å². The van der Waals surface area contributed by atoms with Gasteiger partial charge in [0.2, 0.25) is 5.91 Å². The highest BCUT2D eigenvalue weighted by atomic mass is 16.5. The van der Waals surface area contributed by atoms with E-state index in [0.717, 1.165) is 62.7 Å². The summed E-state index contributed by atoms with van der Waals surface area (Å²) in [7, 11) is 0. The van der Waals surface area contributed by atoms with E-state index in [1.54, 1.807) is 0 Å². The number of carbonyl (C=O) groups excluding carboxylic acids is 1. The number of aryl methyl sites for hydroxylation is 1. The van der Waals surface area contributed by atoms with Gasteiger partial charge in [-0.05, 0) is 37.0 Å². The number of benzene rings is 1. The highest BCUT2D eigenvalue weighted by molar-refractivity contribution is 5.76. The zero-order valence-electron chi connectivity index (χ0n) is 14.1. The number of amides is 1. The molecule has 1 amide bonds. The smallest absolute Gasteiger partial charge is 0.220 e. The molecule has 3 N–H and O–H groups in total. The van der Waals surface area contributed by atoms with Crippen LogP contribution in [0.25, 0.3) is 0 Å². The number of carbonyl (C=O) groups is 1. The molecule has 1 atom stereocenters. The summed E-state index contributed by atoms with van der Waals surface area (Å²) in [6, 6.07) is 6.10. The fraction of sp³-hybridized carbons (Fsp3) is 0.611. The molecule has 0 radical (unpaired) electrons. The highest BCUT2D eigenvalue weighted by Gasteiger charge is 2.16. The molecule has 2 aliphatic rings. The molecule has 0 saturated carbocycles. The summed E-state index contributed by atoms with van der Waals surface area (Å²) in [5.74, 6) is 0.0707. The van der Waals surface area contributed by atoms with Gasteiger partial charge < -0.3 is 25.4 Å². The van der Waals surface area contributed by atoms with Gasteiger partial charge in [0.1, 0.15) is 0 Å². The van der Waals surface area contributed by atoms with Crippen LogP contribution in [0, 0.1) is 0 Å². The maximum absolute atomic E-state index is 12.0. The number of nitrogen functional groups attached to an aromatic ring is 1. The zero-order chi connectivity index (χ0) is 16.8. The van der Waals surface area contributed by atoms with Crippen LogP contribution in [0.1, 0.15) is 24.8 Å². The second-order valence-electron chi connectivity index (χ2n) is 6.43. The van der Waals surface area contributed by atoms with Gasteiger partial charge >= 0.3 is 0 Å². The number of nitrogens with two attached hydrogens (primary N) is 1. The van der Waals surface area contributed by atoms with Crippen molar-refractivity contribution in [3.05, 3.63) is 23.8 Å². The van der Waals surface area contributed by atoms with Gasteiger partial charge in [-0.25, -0.2) is 0 Å². The number of rotatable bonds is 6. The Kier molecular flexibility index (Phi) is 5.93. The topological polar surface area (TPSA) is 76.8 Å². The van der Waals surface area contributed by atoms with Crippen molar-refractivity contribution >= 4 is 17.3 Å². The Labute approximate surface area is 143 Å². The molecular weight excluding hydrogens is 306 g/mol. The van der Waals surface area contributed by atoms with Crippen LogP contribution in [0.15, 0.2) is 18.2 Å². The van der Waals surface area contributed by atoms with Gasteiger partial charge in [-0.3, -0.25) is 4.79 Å². The number of nitrogens with one attached hydrogen (secondary N) is 1. The zero-order valence-corrected chi connectivity index (χ0v) is 14.1. The van der Waals surface area contributed by atoms with E-state index in [0.29, 0.717) is 19.4 Å². The van der Waals surface area contributed by atoms with Crippen molar-refractivity contribution in [3.63, 3.8) is 0 Å². The molecule has 1 aromatic carbocycles. The number of morpholine rings is 1. The van der Waals surface area contributed by atoms with Gasteiger partial charge in [-0.1, -0.05) is 6.07 Å². The Morgan fingerprint density at radius 2 is 2.12 bits per heavy atom. The minimum atomic E-state index is 0.0707. The van der Waals surface area contributed by atoms with E-state index >= 15 is 0 Å². The van der Waals surface area contributed by atoms with Crippen LogP contribution < -0.4 is 16.0 Å². The number of hydrogen-bond acceptors (Lipinski definition) is 5. The van der Waals surface area contributed by atoms with E-state index in [1.807, 2.05) is 6.07 Å². The summed E-state index contributed by atoms with van der Waals surface area (Å²) in [6.07, 6.45) is 3.50. The van der Waals surface area contributed by atoms with E-state index in [-0.39, 0.29) is 12.0 Å². The van der Waals surface area contributed by atoms with Gasteiger partial charge in [-0.15, -0.1) is 0 Å². The number of hydrogen-bond donors (Lipinski definition) is 2. The first-order valence-electron chi connectivity index (χ1n) is 8.82. The maximum atomic E-state index is 12.0. The Morgan fingerprint density at radius 1 is 1.29 bits per heavy atom. The molecule has 1 unspecified atom stereocenters. The van der Waals surface area contributed by atoms with Crippen molar-refractivity contribution in [1.29, 1.82) is 0 Å². The van der Waals surface area contributed by atoms with Crippen molar-refractivity contribution in [3.8, 4) is 0 Å². The van der Waals surface area contributed by atoms with Crippen molar-refractivity contribution < 1.29 is 14.3 Å². The van der Waals surface area contributed by atoms with Gasteiger partial charge in [0.25, 0.3) is 0 Å². The molecular formula is C18H27N3O3. The minimum Gasteiger partial charge on any atom is -0.397 e. The standard InChI is InChI=1S/C18H27N3O3/c19-16-12-14(3-5-17(16)21-7-10-23-11-8-21)4-6-18(22)20-13-15-2-1-9-24-15/h3,5,12,15H,1-2,4,6-11,13,19H2,(H,20,22). The van der Waals surface area contributed by atoms with Gasteiger partial charge in [-0.2, -0.15) is 0 Å². The molecule has 3 rings (SSSR count). The van der Waals surface area contributed by atoms with Crippen molar-refractivity contribution in [1.82, 2.24) is 5.32 Å². The summed E-state index contributed by atoms with van der Waals surface area (Å²) < 4.78 is 10.9. The quantitative estimate of drug-likeness (QED) is 0.768. The van der Waals surface area contributed by atoms with E-state index < -0.39 is 0 Å². The molecule has 6 nitrogen and oxygen atoms in total. The van der Waals surface area contributed by atoms with Crippen LogP contribution in [-0.4, -0.2) is 51.5 Å². The van der Waals surface area contributed by atoms with E-state index in [4.69, 9.17) is 15.2 Å². The fourth-order valence-electron chi connectivity index (χ4n) is 3.23. The molecule has 2 fully saturated rings. The van der Waals surface area contributed by atoms with Crippen molar-refractivity contribution in [2.45, 2.75) is 31.8 Å². The molecule has 0 aliphatic carbocycles. The van der Waals surface area contributed by atoms with Gasteiger partial charge in [0.05, 0.1) is 30.7 Å². The molecule has 132 valence electrons. The third-order valence-electron chi connectivity index (χ3n) is 4.64. The van der Waals surface area contributed by atoms with Gasteiger partial charge in [0, 0.05) is 32.7 Å². The van der Waals surface area contributed by atoms with E-state index in [9.17, 15) is 4.79 Å². The second-order valence-corrected chi connectivity index (χ2v) is 6.43. The van der Waals surface area contributed by atoms with Crippen LogP contribution in [-0.2, 0) is 20.7 Å². The third-order valence-corrected chi connectivity index (χ3v) is 4.64. The predicted octanol–water partition coefficient (Wildman–Crippen LogP) is 1.33. The Morgan fingerprint density at radius 3 is 2.83 bits per heavy atom. The lowest BCUT2D eigenvalue weighted by molar-refractivity contribution is -0.121. The first-order valence-corrected chi connectivity index (χ1v) is 8.82. The highest BCUT2D eigenvalue weighted by Crippen LogP contribution is 2.25. The average Bonchev–Trinajstić information content (AvgIpc) is 3.12. The summed E-state index contributed by atoms with van der Waals surface area (Å²) in [6.45, 7) is 4.66. The normalized spacial score (nSPS) is 21.0. The summed E-state index contributed by atoms with van der Waals surface area (Å²) in [5, 5.41) is 2.96. The molecule has 2 heterocycles. The molecule has 0 bridgehead atoms. The molecule has 0 aromatic heterocycles. The summed E-state index contributed by atoms with van der Waals surface area (Å²) in [5.41, 5.74) is 9.13. The Bertz CT molecular complexity index is 552. The van der Waals surface area contributed by atoms with Gasteiger partial charge in [0.15, 0.2) is 0 Å². The molecule has 24 heavy (non-hydrogen) atoms. The average molecular weight is 333 g/mol. The molecule has 6 heteroatoms. The molecule has 0 spiro atoms. The first-order chi connectivity index (χ1) is 11.7. The molecule has 2 saturated heterocycles. The molecule has 1 aromatic rings. The SMILES string of the molecule is Nc1cc(CCC(=O)NCC2CCCO2)ccc1N1CCOCC1. The number of ether oxygens (including phenoxy) is 2. The second kappa shape index (κ2) is 8.35. The van der Waals surface area contributed by atoms with Crippen LogP contribution in [0.5, 0.6) is 0 Å². The maximum Gasteiger partial charge on any atom is 0.220 e. The Balaban J connectivity index is 1.46. The summed E-state index contributed by atoms with van der Waals surface area (Å²) in [4.78, 5) is 14.2. The van der Waals surface area contributed by atoms with Crippen LogP contribution in [0.3, 0.4) is 0 Å². The fourth-order valence-corrected chi connectivity index (χ4v) is 3.23. The van der Waals surface area contributed by atoms with E-state index in [1.165, 1.54) is 0 Å². The predicted molar refractivity (Wildman–Crippen MR) is 94.2 cm³/mol. The lowest BCUT2D eigenvalue weighted by Crippen LogP contribution is -2.36. The lowest BCUT2D eigenvalue weighted by Gasteiger charge is -2.30. The van der Waals surface area contributed by atoms with Crippen LogP contribution in [0.2, 0.25) is 0 Å². The van der Waals surface area contributed by atoms with Crippen molar-refractivity contribution in [2.24, 2.45) is 0 Å². The minimum absolute atomic E-state index is 0.0707. The van der Waals surface area contributed by atoms with Crippen LogP contribution in [0.4, 0.5) is 11.4 Å². The third kappa shape index (κ3) is 4.61. The molecule has 2 aliphatic heterocycles. The number of anilines is 2. The summed E-state index contributed by atoms with van der Waals surface area (Å²) >= 11 is 0. The number of nitrogens with zero attached hydrogens (tertiary/aromatic N) is 1. The largest absolute Gasteiger partial charge is 0.397 e.